The number of benzene rings is 2. The lowest BCUT2D eigenvalue weighted by atomic mass is 9.96. The van der Waals surface area contributed by atoms with E-state index in [0.29, 0.717) is 12.4 Å². The van der Waals surface area contributed by atoms with E-state index in [9.17, 15) is 5.11 Å². The largest absolute Gasteiger partial charge is 0.439 e. The topological polar surface area (TPSA) is 70.3 Å². The first-order valence-corrected chi connectivity index (χ1v) is 9.99. The Labute approximate surface area is 165 Å². The van der Waals surface area contributed by atoms with Crippen molar-refractivity contribution in [2.24, 2.45) is 5.92 Å². The molecule has 1 saturated heterocycles. The van der Waals surface area contributed by atoms with Crippen LogP contribution in [-0.2, 0) is 6.54 Å². The highest BCUT2D eigenvalue weighted by atomic mass is 16.4. The minimum Gasteiger partial charge on any atom is -0.439 e. The summed E-state index contributed by atoms with van der Waals surface area (Å²) in [6.07, 6.45) is 3.77. The van der Waals surface area contributed by atoms with Crippen LogP contribution in [0.25, 0.3) is 22.5 Å². The molecule has 3 aromatic rings. The van der Waals surface area contributed by atoms with Gasteiger partial charge in [-0.3, -0.25) is 0 Å². The number of nitrogens with zero attached hydrogens (tertiary/aromatic N) is 1. The van der Waals surface area contributed by atoms with E-state index in [1.165, 1.54) is 5.56 Å². The summed E-state index contributed by atoms with van der Waals surface area (Å²) in [7, 11) is 0. The van der Waals surface area contributed by atoms with Crippen LogP contribution in [0.5, 0.6) is 0 Å². The molecule has 2 atom stereocenters. The Kier molecular flexibility index (Phi) is 6.17. The van der Waals surface area contributed by atoms with Crippen molar-refractivity contribution >= 4 is 0 Å². The fourth-order valence-electron chi connectivity index (χ4n) is 3.82. The van der Waals surface area contributed by atoms with Gasteiger partial charge >= 0.3 is 0 Å². The van der Waals surface area contributed by atoms with Crippen molar-refractivity contribution in [1.82, 2.24) is 15.6 Å². The molecule has 2 aromatic carbocycles. The summed E-state index contributed by atoms with van der Waals surface area (Å²) in [6, 6.07) is 18.9. The maximum atomic E-state index is 9.65. The molecule has 0 radical (unpaired) electrons. The molecule has 0 bridgehead atoms. The van der Waals surface area contributed by atoms with Gasteiger partial charge in [-0.15, -0.1) is 0 Å². The highest BCUT2D eigenvalue weighted by molar-refractivity contribution is 5.70. The van der Waals surface area contributed by atoms with Crippen LogP contribution in [0.1, 0.15) is 18.7 Å². The molecule has 5 heteroatoms. The quantitative estimate of drug-likeness (QED) is 0.614. The van der Waals surface area contributed by atoms with Gasteiger partial charge in [0.1, 0.15) is 0 Å². The molecular formula is C23H27N3O2. The van der Waals surface area contributed by atoms with Crippen LogP contribution in [0.2, 0.25) is 0 Å². The van der Waals surface area contributed by atoms with Crippen LogP contribution >= 0.6 is 0 Å². The Bertz CT molecular complexity index is 878. The minimum absolute atomic E-state index is 0.211. The van der Waals surface area contributed by atoms with Crippen LogP contribution in [0.3, 0.4) is 0 Å². The van der Waals surface area contributed by atoms with E-state index >= 15 is 0 Å². The Morgan fingerprint density at radius 1 is 1.00 bits per heavy atom. The van der Waals surface area contributed by atoms with Crippen LogP contribution in [0.4, 0.5) is 0 Å². The predicted octanol–water partition coefficient (Wildman–Crippen LogP) is 3.46. The molecule has 5 nitrogen and oxygen atoms in total. The number of hydrogen-bond donors (Lipinski definition) is 3. The lowest BCUT2D eigenvalue weighted by Gasteiger charge is -2.23. The molecule has 3 N–H and O–H groups in total. The number of aromatic nitrogens is 1. The second-order valence-electron chi connectivity index (χ2n) is 7.32. The third-order valence-electron chi connectivity index (χ3n) is 5.45. The molecule has 1 aromatic heterocycles. The molecular weight excluding hydrogens is 350 g/mol. The summed E-state index contributed by atoms with van der Waals surface area (Å²) in [4.78, 5) is 4.45. The summed E-state index contributed by atoms with van der Waals surface area (Å²) < 4.78 is 6.00. The van der Waals surface area contributed by atoms with Crippen molar-refractivity contribution in [2.75, 3.05) is 19.7 Å². The summed E-state index contributed by atoms with van der Waals surface area (Å²) in [6.45, 7) is 2.71. The maximum Gasteiger partial charge on any atom is 0.208 e. The lowest BCUT2D eigenvalue weighted by molar-refractivity contribution is 0.182. The highest BCUT2D eigenvalue weighted by Crippen LogP contribution is 2.27. The van der Waals surface area contributed by atoms with E-state index in [1.54, 1.807) is 6.20 Å². The molecule has 0 spiro atoms. The van der Waals surface area contributed by atoms with Gasteiger partial charge in [-0.05, 0) is 49.0 Å². The van der Waals surface area contributed by atoms with E-state index in [1.807, 2.05) is 30.3 Å². The van der Waals surface area contributed by atoms with Crippen molar-refractivity contribution in [2.45, 2.75) is 25.4 Å². The van der Waals surface area contributed by atoms with Gasteiger partial charge in [0.2, 0.25) is 5.89 Å². The fraction of sp³-hybridized carbons (Fsp3) is 0.348. The Morgan fingerprint density at radius 3 is 2.64 bits per heavy atom. The van der Waals surface area contributed by atoms with Crippen LogP contribution < -0.4 is 10.6 Å². The smallest absolute Gasteiger partial charge is 0.208 e. The molecule has 0 saturated carbocycles. The van der Waals surface area contributed by atoms with Crippen molar-refractivity contribution in [1.29, 1.82) is 0 Å². The first-order chi connectivity index (χ1) is 13.8. The first-order valence-electron chi connectivity index (χ1n) is 9.99. The molecule has 4 rings (SSSR count). The van der Waals surface area contributed by atoms with Crippen LogP contribution in [0, 0.1) is 5.92 Å². The monoisotopic (exact) mass is 377 g/mol. The van der Waals surface area contributed by atoms with E-state index in [4.69, 9.17) is 4.42 Å². The third-order valence-corrected chi connectivity index (χ3v) is 5.45. The van der Waals surface area contributed by atoms with Crippen molar-refractivity contribution in [3.8, 4) is 22.5 Å². The van der Waals surface area contributed by atoms with E-state index in [0.717, 1.165) is 42.8 Å². The zero-order valence-electron chi connectivity index (χ0n) is 16.0. The molecule has 0 aliphatic carbocycles. The molecule has 2 unspecified atom stereocenters. The van der Waals surface area contributed by atoms with Gasteiger partial charge < -0.3 is 20.2 Å². The molecule has 1 aliphatic heterocycles. The van der Waals surface area contributed by atoms with Gasteiger partial charge in [-0.2, -0.15) is 0 Å². The van der Waals surface area contributed by atoms with Gasteiger partial charge in [0, 0.05) is 18.2 Å². The first kappa shape index (κ1) is 18.9. The molecule has 28 heavy (non-hydrogen) atoms. The minimum atomic E-state index is 0.211. The van der Waals surface area contributed by atoms with Crippen molar-refractivity contribution in [3.05, 3.63) is 66.7 Å². The van der Waals surface area contributed by atoms with Gasteiger partial charge in [0.05, 0.1) is 12.7 Å². The SMILES string of the molecule is OCC1CCNCCC1NCc1ncc(-c2cccc(-c3ccccc3)c2)o1. The average molecular weight is 377 g/mol. The summed E-state index contributed by atoms with van der Waals surface area (Å²) in [5, 5.41) is 16.6. The number of aliphatic hydroxyl groups excluding tert-OH is 1. The van der Waals surface area contributed by atoms with Gasteiger partial charge in [0.15, 0.2) is 5.76 Å². The number of rotatable bonds is 6. The molecule has 146 valence electrons. The van der Waals surface area contributed by atoms with Crippen LogP contribution in [-0.4, -0.2) is 35.8 Å². The van der Waals surface area contributed by atoms with Crippen molar-refractivity contribution in [3.63, 3.8) is 0 Å². The second kappa shape index (κ2) is 9.15. The molecule has 2 heterocycles. The number of oxazole rings is 1. The van der Waals surface area contributed by atoms with Crippen molar-refractivity contribution < 1.29 is 9.52 Å². The van der Waals surface area contributed by atoms with E-state index in [-0.39, 0.29) is 18.6 Å². The molecule has 1 aliphatic rings. The van der Waals surface area contributed by atoms with E-state index in [2.05, 4.69) is 39.9 Å². The molecule has 1 fully saturated rings. The number of nitrogens with one attached hydrogen (secondary N) is 2. The predicted molar refractivity (Wildman–Crippen MR) is 111 cm³/mol. The fourth-order valence-corrected chi connectivity index (χ4v) is 3.82. The Morgan fingerprint density at radius 2 is 1.79 bits per heavy atom. The summed E-state index contributed by atoms with van der Waals surface area (Å²) in [5.74, 6) is 1.72. The Hall–Kier alpha value is -2.47. The van der Waals surface area contributed by atoms with Gasteiger partial charge in [-0.1, -0.05) is 48.5 Å². The standard InChI is InChI=1S/C23H27N3O2/c27-16-20-9-11-24-12-10-21(20)25-15-23-26-14-22(28-23)19-8-4-7-18(13-19)17-5-2-1-3-6-17/h1-8,13-14,20-21,24-25,27H,9-12,15-16H2. The average Bonchev–Trinajstić information content (AvgIpc) is 3.11. The maximum absolute atomic E-state index is 9.65. The normalized spacial score (nSPS) is 20.0. The van der Waals surface area contributed by atoms with Gasteiger partial charge in [0.25, 0.3) is 0 Å². The zero-order valence-corrected chi connectivity index (χ0v) is 16.0. The Balaban J connectivity index is 1.44. The number of aliphatic hydroxyl groups is 1. The van der Waals surface area contributed by atoms with Crippen LogP contribution in [0.15, 0.2) is 65.2 Å². The zero-order chi connectivity index (χ0) is 19.2. The lowest BCUT2D eigenvalue weighted by Crippen LogP contribution is -2.37. The molecule has 0 amide bonds. The number of hydrogen-bond acceptors (Lipinski definition) is 5. The third kappa shape index (κ3) is 4.50. The highest BCUT2D eigenvalue weighted by Gasteiger charge is 2.23. The summed E-state index contributed by atoms with van der Waals surface area (Å²) >= 11 is 0. The van der Waals surface area contributed by atoms with Gasteiger partial charge in [-0.25, -0.2) is 4.98 Å². The second-order valence-corrected chi connectivity index (χ2v) is 7.32. The summed E-state index contributed by atoms with van der Waals surface area (Å²) in [5.41, 5.74) is 3.36. The van der Waals surface area contributed by atoms with E-state index < -0.39 is 0 Å².